The molecular formula is C13H12FIrN2-. The smallest absolute Gasteiger partial charge is 0.132 e. The summed E-state index contributed by atoms with van der Waals surface area (Å²) in [5.41, 5.74) is 1.35. The third-order valence-electron chi connectivity index (χ3n) is 2.33. The first-order chi connectivity index (χ1) is 7.81. The van der Waals surface area contributed by atoms with E-state index in [0.717, 1.165) is 11.5 Å². The minimum Gasteiger partial charge on any atom is -0.353 e. The van der Waals surface area contributed by atoms with Crippen molar-refractivity contribution in [2.45, 2.75) is 6.67 Å². The predicted molar refractivity (Wildman–Crippen MR) is 62.4 cm³/mol. The van der Waals surface area contributed by atoms with Crippen LogP contribution in [0.3, 0.4) is 0 Å². The summed E-state index contributed by atoms with van der Waals surface area (Å²) in [7, 11) is 1.89. The van der Waals surface area contributed by atoms with Crippen LogP contribution >= 0.6 is 0 Å². The number of hydrogen-bond acceptors (Lipinski definition) is 2. The van der Waals surface area contributed by atoms with Gasteiger partial charge in [0.25, 0.3) is 0 Å². The van der Waals surface area contributed by atoms with E-state index in [-0.39, 0.29) is 20.1 Å². The Morgan fingerprint density at radius 2 is 2.06 bits per heavy atom. The molecule has 17 heavy (non-hydrogen) atoms. The molecule has 0 spiro atoms. The Morgan fingerprint density at radius 1 is 1.24 bits per heavy atom. The Kier molecular flexibility index (Phi) is 5.26. The van der Waals surface area contributed by atoms with Crippen molar-refractivity contribution in [2.75, 3.05) is 11.9 Å². The summed E-state index contributed by atoms with van der Waals surface area (Å²) in [6.45, 7) is -0.541. The number of rotatable bonds is 3. The van der Waals surface area contributed by atoms with Crippen LogP contribution in [0.25, 0.3) is 0 Å². The van der Waals surface area contributed by atoms with Gasteiger partial charge in [-0.3, -0.25) is 0 Å². The first kappa shape index (κ1) is 13.8. The van der Waals surface area contributed by atoms with Gasteiger partial charge in [-0.15, -0.1) is 6.07 Å². The minimum atomic E-state index is -0.541. The molecule has 1 aromatic carbocycles. The maximum Gasteiger partial charge on any atom is 0.132 e. The van der Waals surface area contributed by atoms with E-state index in [4.69, 9.17) is 0 Å². The SMILES string of the molecule is CN(c1[c-]cccc1)c1cccc(CF)n1.[Ir]. The second-order valence-corrected chi connectivity index (χ2v) is 3.43. The number of halogens is 1. The molecule has 0 aliphatic rings. The van der Waals surface area contributed by atoms with Gasteiger partial charge in [-0.2, -0.15) is 24.3 Å². The van der Waals surface area contributed by atoms with Gasteiger partial charge in [0.05, 0.1) is 5.69 Å². The molecule has 0 amide bonds. The number of nitrogens with zero attached hydrogens (tertiary/aromatic N) is 2. The average Bonchev–Trinajstić information content (AvgIpc) is 2.39. The quantitative estimate of drug-likeness (QED) is 0.727. The number of aromatic nitrogens is 1. The van der Waals surface area contributed by atoms with Crippen molar-refractivity contribution in [3.8, 4) is 0 Å². The Morgan fingerprint density at radius 3 is 2.71 bits per heavy atom. The number of pyridine rings is 1. The Hall–Kier alpha value is -1.25. The van der Waals surface area contributed by atoms with E-state index in [2.05, 4.69) is 11.1 Å². The van der Waals surface area contributed by atoms with Crippen molar-refractivity contribution in [1.29, 1.82) is 0 Å². The number of hydrogen-bond donors (Lipinski definition) is 0. The molecule has 0 saturated heterocycles. The first-order valence-corrected chi connectivity index (χ1v) is 5.03. The molecule has 0 atom stereocenters. The van der Waals surface area contributed by atoms with Gasteiger partial charge in [-0.1, -0.05) is 11.8 Å². The second kappa shape index (κ2) is 6.48. The molecule has 91 valence electrons. The molecule has 0 unspecified atom stereocenters. The van der Waals surface area contributed by atoms with E-state index < -0.39 is 6.67 Å². The van der Waals surface area contributed by atoms with E-state index in [0.29, 0.717) is 5.69 Å². The van der Waals surface area contributed by atoms with Gasteiger partial charge in [0.2, 0.25) is 0 Å². The zero-order chi connectivity index (χ0) is 11.4. The van der Waals surface area contributed by atoms with Crippen LogP contribution in [0.5, 0.6) is 0 Å². The van der Waals surface area contributed by atoms with E-state index >= 15 is 0 Å². The van der Waals surface area contributed by atoms with Crippen molar-refractivity contribution < 1.29 is 24.5 Å². The van der Waals surface area contributed by atoms with Crippen molar-refractivity contribution in [3.05, 3.63) is 54.2 Å². The van der Waals surface area contributed by atoms with Crippen LogP contribution in [-0.4, -0.2) is 12.0 Å². The zero-order valence-corrected chi connectivity index (χ0v) is 11.7. The van der Waals surface area contributed by atoms with Crippen LogP contribution in [0.4, 0.5) is 15.9 Å². The summed E-state index contributed by atoms with van der Waals surface area (Å²) in [6.07, 6.45) is 0. The Bertz CT molecular complexity index is 462. The van der Waals surface area contributed by atoms with Gasteiger partial charge in [-0.25, -0.2) is 9.37 Å². The number of para-hydroxylation sites is 1. The average molecular weight is 407 g/mol. The summed E-state index contributed by atoms with van der Waals surface area (Å²) in [6, 6.07) is 16.0. The van der Waals surface area contributed by atoms with Crippen molar-refractivity contribution in [2.24, 2.45) is 0 Å². The third kappa shape index (κ3) is 3.35. The topological polar surface area (TPSA) is 16.1 Å². The summed E-state index contributed by atoms with van der Waals surface area (Å²) in [5, 5.41) is 0. The molecule has 0 bridgehead atoms. The number of benzene rings is 1. The molecule has 0 saturated carbocycles. The number of anilines is 2. The standard InChI is InChI=1S/C13H12FN2.Ir/c1-16(12-7-3-2-4-8-12)13-9-5-6-11(10-14)15-13;/h2-7,9H,10H2,1H3;/q-1;. The van der Waals surface area contributed by atoms with Gasteiger partial charge in [0.15, 0.2) is 0 Å². The van der Waals surface area contributed by atoms with Gasteiger partial charge in [0, 0.05) is 27.2 Å². The predicted octanol–water partition coefficient (Wildman–Crippen LogP) is 3.12. The van der Waals surface area contributed by atoms with Gasteiger partial charge < -0.3 is 4.90 Å². The summed E-state index contributed by atoms with van der Waals surface area (Å²) in [5.74, 6) is 0.720. The van der Waals surface area contributed by atoms with Crippen LogP contribution in [0.1, 0.15) is 5.69 Å². The fourth-order valence-electron chi connectivity index (χ4n) is 1.44. The van der Waals surface area contributed by atoms with Crippen LogP contribution < -0.4 is 4.90 Å². The fourth-order valence-corrected chi connectivity index (χ4v) is 1.44. The normalized spacial score (nSPS) is 9.53. The monoisotopic (exact) mass is 408 g/mol. The molecule has 0 N–H and O–H groups in total. The van der Waals surface area contributed by atoms with Crippen molar-refractivity contribution >= 4 is 11.5 Å². The fraction of sp³-hybridized carbons (Fsp3) is 0.154. The van der Waals surface area contributed by atoms with Crippen LogP contribution in [0.2, 0.25) is 0 Å². The maximum absolute atomic E-state index is 12.5. The van der Waals surface area contributed by atoms with Crippen molar-refractivity contribution in [1.82, 2.24) is 4.98 Å². The summed E-state index contributed by atoms with van der Waals surface area (Å²) < 4.78 is 12.5. The van der Waals surface area contributed by atoms with Gasteiger partial charge in [0.1, 0.15) is 12.5 Å². The molecule has 4 heteroatoms. The van der Waals surface area contributed by atoms with Crippen LogP contribution in [0.15, 0.2) is 42.5 Å². The second-order valence-electron chi connectivity index (χ2n) is 3.43. The van der Waals surface area contributed by atoms with Gasteiger partial charge in [-0.05, 0) is 12.1 Å². The van der Waals surface area contributed by atoms with E-state index in [9.17, 15) is 4.39 Å². The molecule has 0 aliphatic carbocycles. The van der Waals surface area contributed by atoms with E-state index in [1.54, 1.807) is 12.1 Å². The van der Waals surface area contributed by atoms with Crippen LogP contribution in [-0.2, 0) is 26.8 Å². The van der Waals surface area contributed by atoms with Crippen molar-refractivity contribution in [3.63, 3.8) is 0 Å². The van der Waals surface area contributed by atoms with E-state index in [1.807, 2.05) is 42.3 Å². The largest absolute Gasteiger partial charge is 0.353 e. The molecule has 2 aromatic rings. The minimum absolute atomic E-state index is 0. The summed E-state index contributed by atoms with van der Waals surface area (Å²) in [4.78, 5) is 6.07. The Labute approximate surface area is 114 Å². The first-order valence-electron chi connectivity index (χ1n) is 5.03. The zero-order valence-electron chi connectivity index (χ0n) is 9.35. The molecular weight excluding hydrogens is 395 g/mol. The molecule has 0 fully saturated rings. The molecule has 1 radical (unpaired) electrons. The maximum atomic E-state index is 12.5. The number of alkyl halides is 1. The molecule has 0 aliphatic heterocycles. The summed E-state index contributed by atoms with van der Waals surface area (Å²) >= 11 is 0. The third-order valence-corrected chi connectivity index (χ3v) is 2.33. The molecule has 1 heterocycles. The van der Waals surface area contributed by atoms with Crippen LogP contribution in [0, 0.1) is 6.07 Å². The molecule has 1 aromatic heterocycles. The Balaban J connectivity index is 0.00000144. The van der Waals surface area contributed by atoms with E-state index in [1.165, 1.54) is 0 Å². The molecule has 2 rings (SSSR count). The molecule has 2 nitrogen and oxygen atoms in total. The van der Waals surface area contributed by atoms with Gasteiger partial charge >= 0.3 is 0 Å².